The van der Waals surface area contributed by atoms with E-state index >= 15 is 0 Å². The van der Waals surface area contributed by atoms with Crippen molar-refractivity contribution in [2.24, 2.45) is 0 Å². The zero-order valence-electron chi connectivity index (χ0n) is 5.87. The maximum absolute atomic E-state index is 5.47. The van der Waals surface area contributed by atoms with Crippen molar-refractivity contribution in [3.63, 3.8) is 0 Å². The van der Waals surface area contributed by atoms with Crippen LogP contribution in [0.2, 0.25) is 0 Å². The molecule has 0 N–H and O–H groups in total. The van der Waals surface area contributed by atoms with E-state index in [-0.39, 0.29) is 0 Å². The summed E-state index contributed by atoms with van der Waals surface area (Å²) in [5.74, 6) is 0.657. The Hall–Kier alpha value is -0.985. The van der Waals surface area contributed by atoms with Gasteiger partial charge in [0.15, 0.2) is 0 Å². The number of hydrogen-bond acceptors (Lipinski definition) is 2. The first-order valence-corrected chi connectivity index (χ1v) is 3.18. The highest BCUT2D eigenvalue weighted by molar-refractivity contribution is 6.32. The second-order valence-corrected chi connectivity index (χ2v) is 1.82. The van der Waals surface area contributed by atoms with Gasteiger partial charge in [0.1, 0.15) is 13.6 Å². The van der Waals surface area contributed by atoms with Crippen LogP contribution >= 0.6 is 0 Å². The maximum atomic E-state index is 5.47. The second-order valence-electron chi connectivity index (χ2n) is 1.82. The molecule has 0 aromatic carbocycles. The summed E-state index contributed by atoms with van der Waals surface area (Å²) >= 11 is 0. The van der Waals surface area contributed by atoms with Gasteiger partial charge in [0.2, 0.25) is 0 Å². The standard InChI is InChI=1S/C7H8BNO/c1-2-10-6-4-3-5-9-7(6)8/h3-5H,2H2,1H3. The Balaban J connectivity index is 2.81. The van der Waals surface area contributed by atoms with Crippen LogP contribution in [0.1, 0.15) is 6.92 Å². The van der Waals surface area contributed by atoms with Crippen molar-refractivity contribution >= 4 is 13.4 Å². The highest BCUT2D eigenvalue weighted by Gasteiger charge is 1.94. The zero-order chi connectivity index (χ0) is 7.40. The third-order valence-electron chi connectivity index (χ3n) is 1.10. The van der Waals surface area contributed by atoms with E-state index in [1.54, 1.807) is 18.3 Å². The fourth-order valence-electron chi connectivity index (χ4n) is 0.680. The van der Waals surface area contributed by atoms with Crippen molar-refractivity contribution in [3.8, 4) is 5.75 Å². The molecular formula is C7H8BNO. The molecule has 0 saturated carbocycles. The minimum Gasteiger partial charge on any atom is -0.493 e. The molecule has 0 unspecified atom stereocenters. The van der Waals surface area contributed by atoms with Crippen LogP contribution in [0.5, 0.6) is 5.75 Å². The summed E-state index contributed by atoms with van der Waals surface area (Å²) in [5, 5.41) is 0. The molecule has 10 heavy (non-hydrogen) atoms. The molecule has 0 aliphatic carbocycles. The molecular weight excluding hydrogens is 125 g/mol. The van der Waals surface area contributed by atoms with E-state index in [1.165, 1.54) is 0 Å². The summed E-state index contributed by atoms with van der Waals surface area (Å²) in [4.78, 5) is 3.85. The molecule has 1 aromatic rings. The van der Waals surface area contributed by atoms with Gasteiger partial charge in [-0.1, -0.05) is 0 Å². The fraction of sp³-hybridized carbons (Fsp3) is 0.286. The summed E-state index contributed by atoms with van der Waals surface area (Å²) in [6, 6.07) is 3.59. The van der Waals surface area contributed by atoms with Crippen LogP contribution in [0.25, 0.3) is 0 Å². The van der Waals surface area contributed by atoms with Gasteiger partial charge < -0.3 is 4.74 Å². The van der Waals surface area contributed by atoms with Crippen molar-refractivity contribution in [1.82, 2.24) is 4.98 Å². The number of nitrogens with zero attached hydrogens (tertiary/aromatic N) is 1. The molecule has 1 rings (SSSR count). The zero-order valence-corrected chi connectivity index (χ0v) is 5.87. The number of hydrogen-bond donors (Lipinski definition) is 0. The summed E-state index contributed by atoms with van der Waals surface area (Å²) in [6.07, 6.45) is 1.64. The summed E-state index contributed by atoms with van der Waals surface area (Å²) in [7, 11) is 5.47. The maximum Gasteiger partial charge on any atom is 0.147 e. The van der Waals surface area contributed by atoms with E-state index in [1.807, 2.05) is 6.92 Å². The molecule has 2 nitrogen and oxygen atoms in total. The molecule has 0 spiro atoms. The minimum absolute atomic E-state index is 0.448. The van der Waals surface area contributed by atoms with Gasteiger partial charge in [-0.15, -0.1) is 0 Å². The fourth-order valence-corrected chi connectivity index (χ4v) is 0.680. The Bertz CT molecular complexity index is 215. The van der Waals surface area contributed by atoms with Crippen LogP contribution in [0.15, 0.2) is 18.3 Å². The van der Waals surface area contributed by atoms with Gasteiger partial charge in [-0.05, 0) is 19.1 Å². The largest absolute Gasteiger partial charge is 0.493 e. The number of pyridine rings is 1. The van der Waals surface area contributed by atoms with E-state index < -0.39 is 0 Å². The van der Waals surface area contributed by atoms with E-state index in [0.717, 1.165) is 0 Å². The molecule has 0 saturated heterocycles. The van der Waals surface area contributed by atoms with Crippen molar-refractivity contribution in [2.75, 3.05) is 6.61 Å². The van der Waals surface area contributed by atoms with E-state index in [9.17, 15) is 0 Å². The van der Waals surface area contributed by atoms with Crippen LogP contribution in [-0.4, -0.2) is 19.4 Å². The molecule has 0 fully saturated rings. The molecule has 0 bridgehead atoms. The van der Waals surface area contributed by atoms with Gasteiger partial charge in [0.05, 0.1) is 6.61 Å². The highest BCUT2D eigenvalue weighted by Crippen LogP contribution is 2.01. The third kappa shape index (κ3) is 1.50. The Morgan fingerprint density at radius 3 is 3.10 bits per heavy atom. The number of rotatable bonds is 2. The van der Waals surface area contributed by atoms with Crippen LogP contribution in [0.3, 0.4) is 0 Å². The normalized spacial score (nSPS) is 9.30. The minimum atomic E-state index is 0.448. The molecule has 50 valence electrons. The molecule has 2 radical (unpaired) electrons. The first-order chi connectivity index (χ1) is 4.84. The van der Waals surface area contributed by atoms with E-state index in [0.29, 0.717) is 17.9 Å². The molecule has 1 heterocycles. The Labute approximate surface area is 61.6 Å². The predicted octanol–water partition coefficient (Wildman–Crippen LogP) is 0.274. The molecule has 1 aromatic heterocycles. The molecule has 0 aliphatic rings. The first-order valence-electron chi connectivity index (χ1n) is 3.18. The van der Waals surface area contributed by atoms with Crippen molar-refractivity contribution < 1.29 is 4.74 Å². The average molecular weight is 133 g/mol. The number of aromatic nitrogens is 1. The highest BCUT2D eigenvalue weighted by atomic mass is 16.5. The van der Waals surface area contributed by atoms with E-state index in [4.69, 9.17) is 12.6 Å². The lowest BCUT2D eigenvalue weighted by atomic mass is 10.0. The summed E-state index contributed by atoms with van der Waals surface area (Å²) in [6.45, 7) is 2.53. The quantitative estimate of drug-likeness (QED) is 0.540. The summed E-state index contributed by atoms with van der Waals surface area (Å²) in [5.41, 5.74) is 0.448. The van der Waals surface area contributed by atoms with E-state index in [2.05, 4.69) is 4.98 Å². The van der Waals surface area contributed by atoms with Gasteiger partial charge in [0.25, 0.3) is 0 Å². The lowest BCUT2D eigenvalue weighted by Gasteiger charge is -2.03. The van der Waals surface area contributed by atoms with Gasteiger partial charge in [-0.3, -0.25) is 4.98 Å². The van der Waals surface area contributed by atoms with Gasteiger partial charge in [-0.2, -0.15) is 0 Å². The van der Waals surface area contributed by atoms with Crippen LogP contribution in [-0.2, 0) is 0 Å². The van der Waals surface area contributed by atoms with Gasteiger partial charge in [-0.25, -0.2) is 0 Å². The van der Waals surface area contributed by atoms with Crippen molar-refractivity contribution in [2.45, 2.75) is 6.92 Å². The first kappa shape index (κ1) is 7.13. The third-order valence-corrected chi connectivity index (χ3v) is 1.10. The summed E-state index contributed by atoms with van der Waals surface area (Å²) < 4.78 is 5.15. The Morgan fingerprint density at radius 1 is 1.70 bits per heavy atom. The van der Waals surface area contributed by atoms with Crippen LogP contribution < -0.4 is 10.3 Å². The smallest absolute Gasteiger partial charge is 0.147 e. The van der Waals surface area contributed by atoms with Gasteiger partial charge in [0, 0.05) is 11.8 Å². The lowest BCUT2D eigenvalue weighted by Crippen LogP contribution is -2.12. The predicted molar refractivity (Wildman–Crippen MR) is 40.8 cm³/mol. The van der Waals surface area contributed by atoms with Gasteiger partial charge >= 0.3 is 0 Å². The second kappa shape index (κ2) is 3.25. The van der Waals surface area contributed by atoms with Crippen molar-refractivity contribution in [3.05, 3.63) is 18.3 Å². The van der Waals surface area contributed by atoms with Crippen molar-refractivity contribution in [1.29, 1.82) is 0 Å². The molecule has 0 atom stereocenters. The topological polar surface area (TPSA) is 22.1 Å². The number of ether oxygens (including phenoxy) is 1. The monoisotopic (exact) mass is 133 g/mol. The SMILES string of the molecule is [B]c1ncccc1OCC. The molecule has 0 aliphatic heterocycles. The van der Waals surface area contributed by atoms with Crippen LogP contribution in [0.4, 0.5) is 0 Å². The Kier molecular flexibility index (Phi) is 2.32. The van der Waals surface area contributed by atoms with Crippen LogP contribution in [0, 0.1) is 0 Å². The average Bonchev–Trinajstić information content (AvgIpc) is 1.94. The Morgan fingerprint density at radius 2 is 2.50 bits per heavy atom. The lowest BCUT2D eigenvalue weighted by molar-refractivity contribution is 0.342. The molecule has 3 heteroatoms. The molecule has 0 amide bonds.